The van der Waals surface area contributed by atoms with Crippen LogP contribution in [0.1, 0.15) is 13.3 Å². The lowest BCUT2D eigenvalue weighted by molar-refractivity contribution is -0.118. The first kappa shape index (κ1) is 18.1. The Balaban J connectivity index is 1.80. The van der Waals surface area contributed by atoms with Crippen molar-refractivity contribution in [3.05, 3.63) is 29.3 Å². The molecule has 1 N–H and O–H groups in total. The fourth-order valence-electron chi connectivity index (χ4n) is 1.58. The van der Waals surface area contributed by atoms with Gasteiger partial charge in [0.05, 0.1) is 5.75 Å². The SMILES string of the molecule is CC(F)(F)CCNC(=O)CSc1nc(-c2ccc(Cl)cc2)ns1. The van der Waals surface area contributed by atoms with Gasteiger partial charge in [-0.3, -0.25) is 4.79 Å². The van der Waals surface area contributed by atoms with Crippen LogP contribution >= 0.6 is 34.9 Å². The van der Waals surface area contributed by atoms with Gasteiger partial charge in [-0.15, -0.1) is 0 Å². The number of rotatable bonds is 7. The van der Waals surface area contributed by atoms with Gasteiger partial charge in [-0.1, -0.05) is 23.4 Å². The molecule has 1 aromatic heterocycles. The molecule has 23 heavy (non-hydrogen) atoms. The van der Waals surface area contributed by atoms with Crippen molar-refractivity contribution >= 4 is 40.8 Å². The number of hydrogen-bond donors (Lipinski definition) is 1. The quantitative estimate of drug-likeness (QED) is 0.738. The molecule has 0 bridgehead atoms. The van der Waals surface area contributed by atoms with E-state index in [1.165, 1.54) is 23.3 Å². The molecule has 0 atom stereocenters. The minimum Gasteiger partial charge on any atom is -0.355 e. The van der Waals surface area contributed by atoms with Crippen LogP contribution in [0, 0.1) is 0 Å². The van der Waals surface area contributed by atoms with Crippen LogP contribution in [0.25, 0.3) is 11.4 Å². The van der Waals surface area contributed by atoms with Gasteiger partial charge in [0.25, 0.3) is 0 Å². The van der Waals surface area contributed by atoms with Crippen molar-refractivity contribution < 1.29 is 13.6 Å². The Hall–Kier alpha value is -1.25. The first-order chi connectivity index (χ1) is 10.8. The van der Waals surface area contributed by atoms with E-state index in [1.807, 2.05) is 12.1 Å². The molecule has 0 aliphatic carbocycles. The van der Waals surface area contributed by atoms with Crippen LogP contribution in [0.15, 0.2) is 28.6 Å². The van der Waals surface area contributed by atoms with E-state index in [-0.39, 0.29) is 24.6 Å². The van der Waals surface area contributed by atoms with Crippen molar-refractivity contribution in [1.82, 2.24) is 14.7 Å². The van der Waals surface area contributed by atoms with Gasteiger partial charge in [-0.2, -0.15) is 4.37 Å². The van der Waals surface area contributed by atoms with E-state index in [2.05, 4.69) is 14.7 Å². The third kappa shape index (κ3) is 6.40. The summed E-state index contributed by atoms with van der Waals surface area (Å²) in [6, 6.07) is 7.14. The number of nitrogens with one attached hydrogen (secondary N) is 1. The summed E-state index contributed by atoms with van der Waals surface area (Å²) in [4.78, 5) is 15.9. The van der Waals surface area contributed by atoms with Gasteiger partial charge >= 0.3 is 0 Å². The molecule has 0 spiro atoms. The van der Waals surface area contributed by atoms with E-state index in [0.717, 1.165) is 12.5 Å². The minimum atomic E-state index is -2.77. The van der Waals surface area contributed by atoms with E-state index in [0.29, 0.717) is 15.2 Å². The molecule has 0 saturated heterocycles. The highest BCUT2D eigenvalue weighted by molar-refractivity contribution is 8.01. The Morgan fingerprint density at radius 3 is 2.74 bits per heavy atom. The number of thioether (sulfide) groups is 1. The van der Waals surface area contributed by atoms with Crippen molar-refractivity contribution in [2.75, 3.05) is 12.3 Å². The molecule has 4 nitrogen and oxygen atoms in total. The fraction of sp³-hybridized carbons (Fsp3) is 0.357. The summed E-state index contributed by atoms with van der Waals surface area (Å²) < 4.78 is 30.1. The zero-order chi connectivity index (χ0) is 16.9. The molecule has 0 radical (unpaired) electrons. The average Bonchev–Trinajstić information content (AvgIpc) is 2.93. The maximum atomic E-state index is 12.6. The smallest absolute Gasteiger partial charge is 0.247 e. The average molecular weight is 378 g/mol. The molecular formula is C14H14ClF2N3OS2. The molecule has 0 aliphatic rings. The van der Waals surface area contributed by atoms with Crippen LogP contribution < -0.4 is 5.32 Å². The van der Waals surface area contributed by atoms with Crippen molar-refractivity contribution in [3.63, 3.8) is 0 Å². The largest absolute Gasteiger partial charge is 0.355 e. The van der Waals surface area contributed by atoms with Crippen molar-refractivity contribution in [2.45, 2.75) is 23.6 Å². The highest BCUT2D eigenvalue weighted by Crippen LogP contribution is 2.25. The molecule has 124 valence electrons. The van der Waals surface area contributed by atoms with Gasteiger partial charge in [0.15, 0.2) is 10.2 Å². The molecular weight excluding hydrogens is 364 g/mol. The second kappa shape index (κ2) is 8.03. The lowest BCUT2D eigenvalue weighted by atomic mass is 10.2. The predicted octanol–water partition coefficient (Wildman–Crippen LogP) is 4.11. The molecule has 1 amide bonds. The number of benzene rings is 1. The van der Waals surface area contributed by atoms with Crippen LogP contribution in [0.4, 0.5) is 8.78 Å². The summed E-state index contributed by atoms with van der Waals surface area (Å²) >= 11 is 8.24. The standard InChI is InChI=1S/C14H14ClF2N3OS2/c1-14(16,17)6-7-18-11(21)8-22-13-19-12(20-23-13)9-2-4-10(15)5-3-9/h2-5H,6-8H2,1H3,(H,18,21). The van der Waals surface area contributed by atoms with E-state index in [4.69, 9.17) is 11.6 Å². The summed E-state index contributed by atoms with van der Waals surface area (Å²) in [6.07, 6.45) is -0.372. The summed E-state index contributed by atoms with van der Waals surface area (Å²) in [6.45, 7) is 0.780. The first-order valence-corrected chi connectivity index (χ1v) is 8.84. The van der Waals surface area contributed by atoms with Crippen LogP contribution in [0.5, 0.6) is 0 Å². The predicted molar refractivity (Wildman–Crippen MR) is 89.3 cm³/mol. The molecule has 9 heteroatoms. The Morgan fingerprint density at radius 2 is 2.09 bits per heavy atom. The number of halogens is 3. The Morgan fingerprint density at radius 1 is 1.39 bits per heavy atom. The van der Waals surface area contributed by atoms with Crippen molar-refractivity contribution in [1.29, 1.82) is 0 Å². The van der Waals surface area contributed by atoms with Gasteiger partial charge < -0.3 is 5.32 Å². The topological polar surface area (TPSA) is 54.9 Å². The summed E-state index contributed by atoms with van der Waals surface area (Å²) in [5, 5.41) is 3.09. The maximum Gasteiger partial charge on any atom is 0.247 e. The van der Waals surface area contributed by atoms with Crippen molar-refractivity contribution in [3.8, 4) is 11.4 Å². The zero-order valence-corrected chi connectivity index (χ0v) is 14.6. The van der Waals surface area contributed by atoms with Crippen LogP contribution in [-0.2, 0) is 4.79 Å². The molecule has 2 aromatic rings. The van der Waals surface area contributed by atoms with Crippen LogP contribution in [0.3, 0.4) is 0 Å². The van der Waals surface area contributed by atoms with Gasteiger partial charge in [0, 0.05) is 23.6 Å². The number of carbonyl (C=O) groups excluding carboxylic acids is 1. The summed E-state index contributed by atoms with van der Waals surface area (Å²) in [5.41, 5.74) is 0.840. The van der Waals surface area contributed by atoms with Crippen LogP contribution in [-0.4, -0.2) is 33.5 Å². The lowest BCUT2D eigenvalue weighted by Gasteiger charge is -2.10. The van der Waals surface area contributed by atoms with E-state index < -0.39 is 5.92 Å². The Kier molecular flexibility index (Phi) is 6.32. The summed E-state index contributed by atoms with van der Waals surface area (Å²) in [7, 11) is 0. The second-order valence-electron chi connectivity index (χ2n) is 4.85. The molecule has 1 heterocycles. The number of carbonyl (C=O) groups is 1. The molecule has 0 unspecified atom stereocenters. The second-order valence-corrected chi connectivity index (χ2v) is 7.26. The van der Waals surface area contributed by atoms with Gasteiger partial charge in [0.1, 0.15) is 0 Å². The summed E-state index contributed by atoms with van der Waals surface area (Å²) in [5.74, 6) is -2.39. The monoisotopic (exact) mass is 377 g/mol. The lowest BCUT2D eigenvalue weighted by Crippen LogP contribution is -2.29. The number of hydrogen-bond acceptors (Lipinski definition) is 5. The van der Waals surface area contributed by atoms with E-state index >= 15 is 0 Å². The number of amides is 1. The maximum absolute atomic E-state index is 12.6. The molecule has 2 rings (SSSR count). The Labute approximate surface area is 145 Å². The third-order valence-electron chi connectivity index (χ3n) is 2.72. The number of alkyl halides is 2. The molecule has 0 saturated carbocycles. The van der Waals surface area contributed by atoms with E-state index in [1.54, 1.807) is 12.1 Å². The van der Waals surface area contributed by atoms with Gasteiger partial charge in [-0.25, -0.2) is 13.8 Å². The zero-order valence-electron chi connectivity index (χ0n) is 12.2. The highest BCUT2D eigenvalue weighted by atomic mass is 35.5. The minimum absolute atomic E-state index is 0.0466. The van der Waals surface area contributed by atoms with E-state index in [9.17, 15) is 13.6 Å². The van der Waals surface area contributed by atoms with Gasteiger partial charge in [0.2, 0.25) is 11.8 Å². The third-order valence-corrected chi connectivity index (χ3v) is 4.81. The number of nitrogens with zero attached hydrogens (tertiary/aromatic N) is 2. The fourth-order valence-corrected chi connectivity index (χ4v) is 3.16. The molecule has 1 aromatic carbocycles. The van der Waals surface area contributed by atoms with Gasteiger partial charge in [-0.05, 0) is 42.7 Å². The highest BCUT2D eigenvalue weighted by Gasteiger charge is 2.20. The first-order valence-electron chi connectivity index (χ1n) is 6.70. The van der Waals surface area contributed by atoms with Crippen molar-refractivity contribution in [2.24, 2.45) is 0 Å². The van der Waals surface area contributed by atoms with Crippen LogP contribution in [0.2, 0.25) is 5.02 Å². The molecule has 0 aliphatic heterocycles. The number of aromatic nitrogens is 2. The Bertz CT molecular complexity index is 659. The normalized spacial score (nSPS) is 11.5. The molecule has 0 fully saturated rings.